The van der Waals surface area contributed by atoms with Crippen molar-refractivity contribution >= 4 is 28.1 Å². The van der Waals surface area contributed by atoms with Crippen molar-refractivity contribution in [3.8, 4) is 17.2 Å². The molecule has 0 bridgehead atoms. The van der Waals surface area contributed by atoms with E-state index in [4.69, 9.17) is 14.2 Å². The maximum atomic E-state index is 12.2. The zero-order chi connectivity index (χ0) is 25.0. The minimum absolute atomic E-state index is 0.164. The van der Waals surface area contributed by atoms with Gasteiger partial charge in [0.15, 0.2) is 6.61 Å². The maximum Gasteiger partial charge on any atom is 0.277 e. The second-order valence-electron chi connectivity index (χ2n) is 7.78. The van der Waals surface area contributed by atoms with Gasteiger partial charge in [0.1, 0.15) is 30.5 Å². The van der Waals surface area contributed by atoms with Gasteiger partial charge in [-0.05, 0) is 59.7 Å². The van der Waals surface area contributed by atoms with Crippen molar-refractivity contribution in [2.45, 2.75) is 13.2 Å². The van der Waals surface area contributed by atoms with E-state index in [1.807, 2.05) is 78.9 Å². The molecule has 0 aromatic heterocycles. The van der Waals surface area contributed by atoms with Crippen LogP contribution in [0.5, 0.6) is 17.2 Å². The van der Waals surface area contributed by atoms with Crippen LogP contribution in [0, 0.1) is 0 Å². The largest absolute Gasteiger partial charge is 0.489 e. The standard InChI is InChI=1S/C29H25BrN2O4/c30-25-11-6-9-23(17-25)20-36-28-12-5-4-10-24(28)18-31-32-29(33)21-35-27-15-13-26(14-16-27)34-19-22-7-2-1-3-8-22/h1-18H,19-21H2,(H,32,33)/b31-18-. The third-order valence-electron chi connectivity index (χ3n) is 5.04. The zero-order valence-electron chi connectivity index (χ0n) is 19.5. The number of nitrogens with zero attached hydrogens (tertiary/aromatic N) is 1. The second kappa shape index (κ2) is 13.1. The summed E-state index contributed by atoms with van der Waals surface area (Å²) in [5.41, 5.74) is 5.36. The molecule has 0 saturated carbocycles. The quantitative estimate of drug-likeness (QED) is 0.182. The van der Waals surface area contributed by atoms with Crippen molar-refractivity contribution in [3.63, 3.8) is 0 Å². The minimum atomic E-state index is -0.372. The van der Waals surface area contributed by atoms with E-state index in [1.165, 1.54) is 0 Å². The number of carbonyl (C=O) groups excluding carboxylic acids is 1. The van der Waals surface area contributed by atoms with E-state index in [0.717, 1.165) is 26.9 Å². The van der Waals surface area contributed by atoms with Gasteiger partial charge in [0.2, 0.25) is 0 Å². The Bertz CT molecular complexity index is 1290. The fourth-order valence-electron chi connectivity index (χ4n) is 3.23. The molecule has 0 unspecified atom stereocenters. The lowest BCUT2D eigenvalue weighted by molar-refractivity contribution is -0.123. The molecule has 6 nitrogen and oxygen atoms in total. The van der Waals surface area contributed by atoms with Gasteiger partial charge in [-0.1, -0.05) is 70.5 Å². The molecule has 0 heterocycles. The van der Waals surface area contributed by atoms with E-state index in [9.17, 15) is 4.79 Å². The van der Waals surface area contributed by atoms with Gasteiger partial charge in [-0.25, -0.2) is 5.43 Å². The highest BCUT2D eigenvalue weighted by molar-refractivity contribution is 9.10. The number of nitrogens with one attached hydrogen (secondary N) is 1. The first kappa shape index (κ1) is 25.0. The van der Waals surface area contributed by atoms with Gasteiger partial charge in [-0.3, -0.25) is 4.79 Å². The van der Waals surface area contributed by atoms with Crippen LogP contribution in [0.25, 0.3) is 0 Å². The number of benzene rings is 4. The van der Waals surface area contributed by atoms with Crippen molar-refractivity contribution in [2.24, 2.45) is 5.10 Å². The number of hydrazone groups is 1. The molecule has 0 spiro atoms. The number of halogens is 1. The molecular formula is C29H25BrN2O4. The summed E-state index contributed by atoms with van der Waals surface area (Å²) in [5.74, 6) is 1.58. The molecule has 4 aromatic carbocycles. The minimum Gasteiger partial charge on any atom is -0.489 e. The van der Waals surface area contributed by atoms with Crippen molar-refractivity contribution < 1.29 is 19.0 Å². The molecule has 0 aliphatic carbocycles. The molecule has 7 heteroatoms. The van der Waals surface area contributed by atoms with Crippen molar-refractivity contribution in [2.75, 3.05) is 6.61 Å². The summed E-state index contributed by atoms with van der Waals surface area (Å²) in [6.07, 6.45) is 1.55. The predicted molar refractivity (Wildman–Crippen MR) is 143 cm³/mol. The van der Waals surface area contributed by atoms with Crippen LogP contribution in [0.4, 0.5) is 0 Å². The molecule has 0 radical (unpaired) electrons. The fraction of sp³-hybridized carbons (Fsp3) is 0.103. The first-order chi connectivity index (χ1) is 17.7. The SMILES string of the molecule is O=C(COc1ccc(OCc2ccccc2)cc1)N/N=C\c1ccccc1OCc1cccc(Br)c1. The van der Waals surface area contributed by atoms with Gasteiger partial charge in [-0.2, -0.15) is 5.10 Å². The van der Waals surface area contributed by atoms with Crippen molar-refractivity contribution in [1.82, 2.24) is 5.43 Å². The number of hydrogen-bond donors (Lipinski definition) is 1. The van der Waals surface area contributed by atoms with Crippen molar-refractivity contribution in [3.05, 3.63) is 124 Å². The Morgan fingerprint density at radius 1 is 0.750 bits per heavy atom. The number of para-hydroxylation sites is 1. The molecule has 0 aliphatic rings. The van der Waals surface area contributed by atoms with Gasteiger partial charge in [0.05, 0.1) is 6.21 Å². The van der Waals surface area contributed by atoms with Crippen molar-refractivity contribution in [1.29, 1.82) is 0 Å². The van der Waals surface area contributed by atoms with Gasteiger partial charge in [0, 0.05) is 10.0 Å². The summed E-state index contributed by atoms with van der Waals surface area (Å²) in [4.78, 5) is 12.2. The van der Waals surface area contributed by atoms with Gasteiger partial charge >= 0.3 is 0 Å². The second-order valence-corrected chi connectivity index (χ2v) is 8.70. The third kappa shape index (κ3) is 7.99. The molecule has 0 fully saturated rings. The summed E-state index contributed by atoms with van der Waals surface area (Å²) in [6, 6.07) is 32.5. The Labute approximate surface area is 218 Å². The number of hydrogen-bond acceptors (Lipinski definition) is 5. The molecule has 1 amide bonds. The monoisotopic (exact) mass is 544 g/mol. The molecule has 0 atom stereocenters. The molecule has 4 aromatic rings. The summed E-state index contributed by atoms with van der Waals surface area (Å²) >= 11 is 3.46. The van der Waals surface area contributed by atoms with E-state index in [-0.39, 0.29) is 12.5 Å². The zero-order valence-corrected chi connectivity index (χ0v) is 21.1. The summed E-state index contributed by atoms with van der Waals surface area (Å²) < 4.78 is 18.2. The molecule has 0 aliphatic heterocycles. The highest BCUT2D eigenvalue weighted by atomic mass is 79.9. The highest BCUT2D eigenvalue weighted by Gasteiger charge is 2.05. The van der Waals surface area contributed by atoms with E-state index in [2.05, 4.69) is 26.5 Å². The smallest absolute Gasteiger partial charge is 0.277 e. The normalized spacial score (nSPS) is 10.7. The topological polar surface area (TPSA) is 69.2 Å². The van der Waals surface area contributed by atoms with Crippen LogP contribution in [-0.4, -0.2) is 18.7 Å². The van der Waals surface area contributed by atoms with Gasteiger partial charge in [-0.15, -0.1) is 0 Å². The molecular weight excluding hydrogens is 520 g/mol. The first-order valence-corrected chi connectivity index (χ1v) is 12.1. The predicted octanol–water partition coefficient (Wildman–Crippen LogP) is 6.14. The number of ether oxygens (including phenoxy) is 3. The fourth-order valence-corrected chi connectivity index (χ4v) is 3.68. The van der Waals surface area contributed by atoms with E-state index >= 15 is 0 Å². The summed E-state index contributed by atoms with van der Waals surface area (Å²) in [7, 11) is 0. The van der Waals surface area contributed by atoms with Crippen LogP contribution in [0.1, 0.15) is 16.7 Å². The van der Waals surface area contributed by atoms with Crippen LogP contribution in [0.2, 0.25) is 0 Å². The number of carbonyl (C=O) groups is 1. The molecule has 0 saturated heterocycles. The Balaban J connectivity index is 1.22. The summed E-state index contributed by atoms with van der Waals surface area (Å²) in [5, 5.41) is 4.04. The molecule has 4 rings (SSSR count). The number of rotatable bonds is 11. The van der Waals surface area contributed by atoms with E-state index < -0.39 is 0 Å². The lowest BCUT2D eigenvalue weighted by Crippen LogP contribution is -2.24. The lowest BCUT2D eigenvalue weighted by Gasteiger charge is -2.09. The maximum absolute atomic E-state index is 12.2. The summed E-state index contributed by atoms with van der Waals surface area (Å²) in [6.45, 7) is 0.739. The average molecular weight is 545 g/mol. The van der Waals surface area contributed by atoms with Crippen LogP contribution < -0.4 is 19.6 Å². The van der Waals surface area contributed by atoms with Gasteiger partial charge in [0.25, 0.3) is 5.91 Å². The molecule has 182 valence electrons. The molecule has 36 heavy (non-hydrogen) atoms. The first-order valence-electron chi connectivity index (χ1n) is 11.3. The van der Waals surface area contributed by atoms with E-state index in [0.29, 0.717) is 24.7 Å². The Hall–Kier alpha value is -4.10. The van der Waals surface area contributed by atoms with Gasteiger partial charge < -0.3 is 14.2 Å². The number of amides is 1. The van der Waals surface area contributed by atoms with Crippen LogP contribution in [0.3, 0.4) is 0 Å². The Morgan fingerprint density at radius 3 is 2.19 bits per heavy atom. The Kier molecular flexibility index (Phi) is 9.11. The highest BCUT2D eigenvalue weighted by Crippen LogP contribution is 2.20. The third-order valence-corrected chi connectivity index (χ3v) is 5.53. The average Bonchev–Trinajstić information content (AvgIpc) is 2.91. The van der Waals surface area contributed by atoms with Crippen LogP contribution in [0.15, 0.2) is 113 Å². The van der Waals surface area contributed by atoms with E-state index in [1.54, 1.807) is 30.5 Å². The Morgan fingerprint density at radius 2 is 1.42 bits per heavy atom. The van der Waals surface area contributed by atoms with Crippen LogP contribution in [-0.2, 0) is 18.0 Å². The lowest BCUT2D eigenvalue weighted by atomic mass is 10.2. The van der Waals surface area contributed by atoms with Crippen LogP contribution >= 0.6 is 15.9 Å². The molecule has 1 N–H and O–H groups in total.